The number of halogens is 2. The molecule has 0 spiro atoms. The number of methoxy groups -OCH3 is 1. The second-order valence-electron chi connectivity index (χ2n) is 14.2. The summed E-state index contributed by atoms with van der Waals surface area (Å²) in [6, 6.07) is 15.2. The highest BCUT2D eigenvalue weighted by molar-refractivity contribution is 7.98. The molecule has 0 unspecified atom stereocenters. The minimum atomic E-state index is -0.376. The van der Waals surface area contributed by atoms with Crippen molar-refractivity contribution in [1.29, 1.82) is 0 Å². The molecule has 5 aromatic rings. The molecule has 284 valence electrons. The van der Waals surface area contributed by atoms with Crippen molar-refractivity contribution in [2.45, 2.75) is 38.0 Å². The number of fused-ring (bicyclic) bond motifs is 7. The fourth-order valence-corrected chi connectivity index (χ4v) is 9.34. The first kappa shape index (κ1) is 36.9. The Morgan fingerprint density at radius 1 is 1.00 bits per heavy atom. The van der Waals surface area contributed by atoms with E-state index in [1.807, 2.05) is 42.7 Å². The molecule has 1 fully saturated rings. The quantitative estimate of drug-likeness (QED) is 0.202. The van der Waals surface area contributed by atoms with Gasteiger partial charge in [0.05, 0.1) is 48.9 Å². The Morgan fingerprint density at radius 2 is 1.83 bits per heavy atom. The third-order valence-electron chi connectivity index (χ3n) is 10.8. The summed E-state index contributed by atoms with van der Waals surface area (Å²) in [7, 11) is 5.47. The predicted octanol–water partition coefficient (Wildman–Crippen LogP) is 6.64. The molecule has 5 heterocycles. The Bertz CT molecular complexity index is 2250. The third-order valence-corrected chi connectivity index (χ3v) is 12.2. The maximum atomic E-state index is 14.5. The van der Waals surface area contributed by atoms with Crippen molar-refractivity contribution in [3.05, 3.63) is 98.7 Å². The van der Waals surface area contributed by atoms with Crippen molar-refractivity contribution >= 4 is 56.7 Å². The number of hydrogen-bond acceptors (Lipinski definition) is 9. The van der Waals surface area contributed by atoms with Crippen molar-refractivity contribution in [1.82, 2.24) is 29.7 Å². The normalized spacial score (nSPS) is 17.5. The van der Waals surface area contributed by atoms with Gasteiger partial charge in [-0.15, -0.1) is 0 Å². The van der Waals surface area contributed by atoms with Crippen LogP contribution in [0.1, 0.15) is 45.0 Å². The highest BCUT2D eigenvalue weighted by Crippen LogP contribution is 2.41. The van der Waals surface area contributed by atoms with Gasteiger partial charge in [-0.05, 0) is 84.2 Å². The van der Waals surface area contributed by atoms with Gasteiger partial charge in [-0.1, -0.05) is 23.7 Å². The minimum absolute atomic E-state index is 0.279. The Kier molecular flexibility index (Phi) is 10.9. The average Bonchev–Trinajstić information content (AvgIpc) is 3.82. The van der Waals surface area contributed by atoms with E-state index in [-0.39, 0.29) is 11.8 Å². The van der Waals surface area contributed by atoms with Crippen LogP contribution in [0.2, 0.25) is 5.02 Å². The summed E-state index contributed by atoms with van der Waals surface area (Å²) >= 11 is 9.05. The lowest BCUT2D eigenvalue weighted by Crippen LogP contribution is -2.38. The number of esters is 1. The van der Waals surface area contributed by atoms with Crippen LogP contribution in [0.25, 0.3) is 27.4 Å². The molecule has 8 rings (SSSR count). The van der Waals surface area contributed by atoms with Crippen LogP contribution in [-0.2, 0) is 48.1 Å². The van der Waals surface area contributed by atoms with E-state index in [2.05, 4.69) is 38.1 Å². The van der Waals surface area contributed by atoms with E-state index >= 15 is 0 Å². The number of hydrogen-bond donors (Lipinski definition) is 1. The lowest BCUT2D eigenvalue weighted by Gasteiger charge is -2.27. The van der Waals surface area contributed by atoms with Crippen molar-refractivity contribution in [3.63, 3.8) is 0 Å². The molecule has 3 aliphatic heterocycles. The zero-order chi connectivity index (χ0) is 37.3. The summed E-state index contributed by atoms with van der Waals surface area (Å²) < 4.78 is 36.2. The topological polar surface area (TPSA) is 86.0 Å². The van der Waals surface area contributed by atoms with Gasteiger partial charge in [-0.25, -0.2) is 14.6 Å². The van der Waals surface area contributed by atoms with Gasteiger partial charge in [0.2, 0.25) is 0 Å². The van der Waals surface area contributed by atoms with Crippen LogP contribution < -0.4 is 10.2 Å². The molecule has 10 nitrogen and oxygen atoms in total. The molecule has 3 aliphatic rings. The molecule has 13 heteroatoms. The molecule has 1 saturated heterocycles. The Morgan fingerprint density at radius 3 is 2.67 bits per heavy atom. The number of hydrazine groups is 1. The van der Waals surface area contributed by atoms with Crippen LogP contribution in [0, 0.1) is 5.82 Å². The number of morpholine rings is 1. The first-order valence-corrected chi connectivity index (χ1v) is 20.2. The SMILES string of the molecule is COC(=O)c1c2c3ccc(Cl)c(c3n1CCN1CCOCC1)C1=C(CNN1C)CSCc1cc(n(C)n1)CCc1cc(c3ccc(F)cc3c1)OCCC2. The number of carbonyl (C=O) groups is 1. The molecule has 0 aliphatic carbocycles. The summed E-state index contributed by atoms with van der Waals surface area (Å²) in [4.78, 5) is 16.3. The standard InChI is InChI=1S/C41H46ClFN6O4S/c1-46-31-8-6-26-19-27-21-29(43)7-9-32(27)36(20-26)53-16-4-5-33-34-10-11-35(42)37(38-28(23-44-47(38)2)24-54-25-30(22-31)45-46)39(34)49(40(33)41(50)51-3)13-12-48-14-17-52-18-15-48/h7,9-11,19-22,44H,4-6,8,12-18,23-25H2,1-3H3. The fourth-order valence-electron chi connectivity index (χ4n) is 8.16. The van der Waals surface area contributed by atoms with Crippen LogP contribution >= 0.6 is 23.4 Å². The summed E-state index contributed by atoms with van der Waals surface area (Å²) in [6.45, 7) is 5.48. The molecule has 3 aromatic carbocycles. The van der Waals surface area contributed by atoms with Gasteiger partial charge in [-0.2, -0.15) is 16.9 Å². The van der Waals surface area contributed by atoms with Crippen LogP contribution in [-0.4, -0.2) is 96.1 Å². The van der Waals surface area contributed by atoms with E-state index in [1.165, 1.54) is 18.7 Å². The van der Waals surface area contributed by atoms with Crippen molar-refractivity contribution in [2.24, 2.45) is 7.05 Å². The first-order chi connectivity index (χ1) is 26.3. The Hall–Kier alpha value is -4.07. The number of ether oxygens (including phenoxy) is 3. The molecule has 2 aromatic heterocycles. The number of nitrogens with one attached hydrogen (secondary N) is 1. The predicted molar refractivity (Wildman–Crippen MR) is 213 cm³/mol. The zero-order valence-corrected chi connectivity index (χ0v) is 32.6. The van der Waals surface area contributed by atoms with Gasteiger partial charge >= 0.3 is 5.97 Å². The number of thioether (sulfide) groups is 1. The third kappa shape index (κ3) is 7.34. The van der Waals surface area contributed by atoms with E-state index < -0.39 is 0 Å². The van der Waals surface area contributed by atoms with E-state index in [0.717, 1.165) is 105 Å². The van der Waals surface area contributed by atoms with Gasteiger partial charge < -0.3 is 23.8 Å². The van der Waals surface area contributed by atoms with Crippen molar-refractivity contribution < 1.29 is 23.4 Å². The maximum Gasteiger partial charge on any atom is 0.354 e. The van der Waals surface area contributed by atoms with Gasteiger partial charge in [-0.3, -0.25) is 9.58 Å². The number of rotatable bonds is 4. The number of aromatic nitrogens is 3. The smallest absolute Gasteiger partial charge is 0.354 e. The summed E-state index contributed by atoms with van der Waals surface area (Å²) in [6.07, 6.45) is 2.78. The molecule has 0 saturated carbocycles. The molecule has 0 radical (unpaired) electrons. The fraction of sp³-hybridized carbons (Fsp3) is 0.415. The van der Waals surface area contributed by atoms with Crippen molar-refractivity contribution in [2.75, 3.05) is 65.9 Å². The second-order valence-corrected chi connectivity index (χ2v) is 15.6. The van der Waals surface area contributed by atoms with Gasteiger partial charge in [0.25, 0.3) is 0 Å². The van der Waals surface area contributed by atoms with Crippen LogP contribution in [0.15, 0.2) is 54.1 Å². The van der Waals surface area contributed by atoms with Gasteiger partial charge in [0.1, 0.15) is 17.3 Å². The number of carbonyl (C=O) groups excluding carboxylic acids is 1. The van der Waals surface area contributed by atoms with E-state index in [0.29, 0.717) is 56.5 Å². The van der Waals surface area contributed by atoms with Crippen LogP contribution in [0.3, 0.4) is 0 Å². The molecule has 8 bridgehead atoms. The number of aryl methyl sites for hydroxylation is 4. The van der Waals surface area contributed by atoms with Crippen molar-refractivity contribution in [3.8, 4) is 5.75 Å². The summed E-state index contributed by atoms with van der Waals surface area (Å²) in [5, 5.41) is 10.2. The van der Waals surface area contributed by atoms with Crippen LogP contribution in [0.4, 0.5) is 4.39 Å². The van der Waals surface area contributed by atoms with Gasteiger partial charge in [0.15, 0.2) is 0 Å². The Balaban J connectivity index is 1.26. The average molecular weight is 773 g/mol. The molecular formula is C41H46ClFN6O4S. The summed E-state index contributed by atoms with van der Waals surface area (Å²) in [5.74, 6) is 1.61. The highest BCUT2D eigenvalue weighted by Gasteiger charge is 2.31. The zero-order valence-electron chi connectivity index (χ0n) is 31.1. The monoisotopic (exact) mass is 772 g/mol. The van der Waals surface area contributed by atoms with Crippen LogP contribution in [0.5, 0.6) is 5.75 Å². The summed E-state index contributed by atoms with van der Waals surface area (Å²) in [5.41, 5.74) is 12.3. The minimum Gasteiger partial charge on any atom is -0.493 e. The molecule has 1 N–H and O–H groups in total. The number of benzene rings is 3. The lowest BCUT2D eigenvalue weighted by molar-refractivity contribution is 0.0361. The largest absolute Gasteiger partial charge is 0.493 e. The highest BCUT2D eigenvalue weighted by atomic mass is 35.5. The molecule has 0 atom stereocenters. The van der Waals surface area contributed by atoms with E-state index in [9.17, 15) is 9.18 Å². The lowest BCUT2D eigenvalue weighted by atomic mass is 10.0. The van der Waals surface area contributed by atoms with E-state index in [1.54, 1.807) is 12.1 Å². The second kappa shape index (κ2) is 16.0. The Labute approximate surface area is 324 Å². The molecule has 54 heavy (non-hydrogen) atoms. The maximum absolute atomic E-state index is 14.5. The first-order valence-electron chi connectivity index (χ1n) is 18.6. The molecule has 0 amide bonds. The van der Waals surface area contributed by atoms with Gasteiger partial charge in [0, 0.05) is 80.4 Å². The molecular weight excluding hydrogens is 727 g/mol. The van der Waals surface area contributed by atoms with E-state index in [4.69, 9.17) is 30.9 Å². The number of nitrogens with zero attached hydrogens (tertiary/aromatic N) is 5.